The molecule has 1 aromatic carbocycles. The zero-order valence-corrected chi connectivity index (χ0v) is 16.2. The molecule has 24 heavy (non-hydrogen) atoms. The standard InChI is InChI=1S/C22H30N2/c1-20(2,3)19-14-23-18(13-24-19)15-8-9-16-17(12-15)22(6,7)11-10-21(16,4)5/h8-9,12-14H,10-11H2,1-7H3. The molecule has 2 heteroatoms. The van der Waals surface area contributed by atoms with Crippen LogP contribution >= 0.6 is 0 Å². The van der Waals surface area contributed by atoms with Gasteiger partial charge in [0, 0.05) is 17.2 Å². The van der Waals surface area contributed by atoms with E-state index in [4.69, 9.17) is 0 Å². The van der Waals surface area contributed by atoms with Crippen LogP contribution in [0.15, 0.2) is 30.6 Å². The molecule has 0 saturated heterocycles. The zero-order chi connectivity index (χ0) is 17.8. The van der Waals surface area contributed by atoms with E-state index in [0.29, 0.717) is 0 Å². The number of fused-ring (bicyclic) bond motifs is 1. The van der Waals surface area contributed by atoms with Crippen LogP contribution in [0.2, 0.25) is 0 Å². The average molecular weight is 322 g/mol. The molecule has 0 unspecified atom stereocenters. The van der Waals surface area contributed by atoms with Gasteiger partial charge < -0.3 is 0 Å². The number of hydrogen-bond donors (Lipinski definition) is 0. The van der Waals surface area contributed by atoms with Gasteiger partial charge >= 0.3 is 0 Å². The van der Waals surface area contributed by atoms with Crippen LogP contribution < -0.4 is 0 Å². The first-order valence-corrected chi connectivity index (χ1v) is 8.99. The summed E-state index contributed by atoms with van der Waals surface area (Å²) in [6, 6.07) is 6.87. The third kappa shape index (κ3) is 2.99. The minimum absolute atomic E-state index is 0.0351. The molecule has 3 rings (SSSR count). The van der Waals surface area contributed by atoms with E-state index in [-0.39, 0.29) is 16.2 Å². The molecule has 0 fully saturated rings. The topological polar surface area (TPSA) is 25.8 Å². The third-order valence-electron chi connectivity index (χ3n) is 5.57. The van der Waals surface area contributed by atoms with E-state index in [0.717, 1.165) is 11.4 Å². The van der Waals surface area contributed by atoms with E-state index in [1.165, 1.54) is 29.5 Å². The SMILES string of the molecule is CC(C)(C)c1cnc(-c2ccc3c(c2)C(C)(C)CCC3(C)C)cn1. The minimum Gasteiger partial charge on any atom is -0.257 e. The van der Waals surface area contributed by atoms with Gasteiger partial charge in [0.15, 0.2) is 0 Å². The molecule has 1 aromatic heterocycles. The van der Waals surface area contributed by atoms with E-state index in [1.54, 1.807) is 0 Å². The molecule has 0 radical (unpaired) electrons. The highest BCUT2D eigenvalue weighted by Gasteiger charge is 2.37. The number of aromatic nitrogens is 2. The Balaban J connectivity index is 2.05. The third-order valence-corrected chi connectivity index (χ3v) is 5.57. The van der Waals surface area contributed by atoms with Crippen LogP contribution in [0.5, 0.6) is 0 Å². The van der Waals surface area contributed by atoms with Crippen molar-refractivity contribution in [3.63, 3.8) is 0 Å². The minimum atomic E-state index is 0.0351. The number of nitrogens with zero attached hydrogens (tertiary/aromatic N) is 2. The van der Waals surface area contributed by atoms with Crippen LogP contribution in [-0.2, 0) is 16.2 Å². The van der Waals surface area contributed by atoms with E-state index in [2.05, 4.69) is 76.6 Å². The highest BCUT2D eigenvalue weighted by atomic mass is 14.8. The maximum absolute atomic E-state index is 4.69. The second-order valence-corrected chi connectivity index (χ2v) is 9.57. The van der Waals surface area contributed by atoms with Gasteiger partial charge in [-0.25, -0.2) is 0 Å². The Bertz CT molecular complexity index is 747. The maximum Gasteiger partial charge on any atom is 0.0885 e. The molecule has 0 N–H and O–H groups in total. The van der Waals surface area contributed by atoms with Crippen LogP contribution in [0.3, 0.4) is 0 Å². The quantitative estimate of drug-likeness (QED) is 0.664. The highest BCUT2D eigenvalue weighted by molar-refractivity contribution is 5.62. The van der Waals surface area contributed by atoms with Crippen molar-refractivity contribution in [2.45, 2.75) is 77.6 Å². The van der Waals surface area contributed by atoms with Gasteiger partial charge in [-0.3, -0.25) is 9.97 Å². The van der Waals surface area contributed by atoms with Crippen LogP contribution in [0.4, 0.5) is 0 Å². The molecule has 1 aliphatic rings. The first-order valence-electron chi connectivity index (χ1n) is 8.99. The average Bonchev–Trinajstić information content (AvgIpc) is 2.51. The van der Waals surface area contributed by atoms with Crippen LogP contribution in [0.1, 0.15) is 78.1 Å². The van der Waals surface area contributed by atoms with Gasteiger partial charge in [0.25, 0.3) is 0 Å². The van der Waals surface area contributed by atoms with Gasteiger partial charge in [-0.1, -0.05) is 60.6 Å². The summed E-state index contributed by atoms with van der Waals surface area (Å²) in [6.07, 6.45) is 6.31. The fourth-order valence-corrected chi connectivity index (χ4v) is 3.61. The molecule has 0 saturated carbocycles. The predicted octanol–water partition coefficient (Wildman–Crippen LogP) is 5.79. The summed E-state index contributed by atoms with van der Waals surface area (Å²) in [4.78, 5) is 9.33. The number of hydrogen-bond acceptors (Lipinski definition) is 2. The lowest BCUT2D eigenvalue weighted by Gasteiger charge is -2.42. The molecule has 0 amide bonds. The molecule has 128 valence electrons. The summed E-state index contributed by atoms with van der Waals surface area (Å²) in [7, 11) is 0. The Morgan fingerprint density at radius 3 is 2.00 bits per heavy atom. The molecule has 2 nitrogen and oxygen atoms in total. The lowest BCUT2D eigenvalue weighted by molar-refractivity contribution is 0.332. The predicted molar refractivity (Wildman–Crippen MR) is 101 cm³/mol. The highest BCUT2D eigenvalue weighted by Crippen LogP contribution is 2.46. The van der Waals surface area contributed by atoms with Crippen molar-refractivity contribution in [3.8, 4) is 11.3 Å². The van der Waals surface area contributed by atoms with Gasteiger partial charge in [-0.2, -0.15) is 0 Å². The van der Waals surface area contributed by atoms with E-state index >= 15 is 0 Å². The summed E-state index contributed by atoms with van der Waals surface area (Å²) in [6.45, 7) is 15.9. The van der Waals surface area contributed by atoms with E-state index in [9.17, 15) is 0 Å². The Hall–Kier alpha value is -1.70. The summed E-state index contributed by atoms with van der Waals surface area (Å²) >= 11 is 0. The summed E-state index contributed by atoms with van der Waals surface area (Å²) in [5.41, 5.74) is 6.64. The molecule has 0 atom stereocenters. The van der Waals surface area contributed by atoms with Crippen LogP contribution in [0, 0.1) is 0 Å². The molecular weight excluding hydrogens is 292 g/mol. The molecule has 0 spiro atoms. The normalized spacial score (nSPS) is 19.0. The molecule has 2 aromatic rings. The van der Waals surface area contributed by atoms with Gasteiger partial charge in [0.1, 0.15) is 0 Å². The first kappa shape index (κ1) is 17.1. The van der Waals surface area contributed by atoms with E-state index < -0.39 is 0 Å². The second kappa shape index (κ2) is 5.40. The molecule has 1 heterocycles. The molecule has 0 aliphatic heterocycles. The Morgan fingerprint density at radius 2 is 1.46 bits per heavy atom. The Kier molecular flexibility index (Phi) is 3.86. The van der Waals surface area contributed by atoms with E-state index in [1.807, 2.05) is 12.4 Å². The fourth-order valence-electron chi connectivity index (χ4n) is 3.61. The lowest BCUT2D eigenvalue weighted by Crippen LogP contribution is -2.33. The fraction of sp³-hybridized carbons (Fsp3) is 0.545. The van der Waals surface area contributed by atoms with Crippen molar-refractivity contribution < 1.29 is 0 Å². The molecular formula is C22H30N2. The zero-order valence-electron chi connectivity index (χ0n) is 16.2. The molecule has 0 bridgehead atoms. The largest absolute Gasteiger partial charge is 0.257 e. The van der Waals surface area contributed by atoms with Crippen LogP contribution in [0.25, 0.3) is 11.3 Å². The summed E-state index contributed by atoms with van der Waals surface area (Å²) in [5, 5.41) is 0. The van der Waals surface area contributed by atoms with Crippen molar-refractivity contribution in [2.24, 2.45) is 0 Å². The lowest BCUT2D eigenvalue weighted by atomic mass is 9.63. The van der Waals surface area contributed by atoms with Gasteiger partial charge in [-0.05, 0) is 40.9 Å². The maximum atomic E-state index is 4.69. The van der Waals surface area contributed by atoms with Gasteiger partial charge in [0.05, 0.1) is 17.6 Å². The Labute approximate surface area is 146 Å². The molecule has 1 aliphatic carbocycles. The summed E-state index contributed by atoms with van der Waals surface area (Å²) in [5.74, 6) is 0. The van der Waals surface area contributed by atoms with Crippen molar-refractivity contribution in [3.05, 3.63) is 47.4 Å². The number of rotatable bonds is 1. The van der Waals surface area contributed by atoms with Crippen LogP contribution in [-0.4, -0.2) is 9.97 Å². The second-order valence-electron chi connectivity index (χ2n) is 9.57. The van der Waals surface area contributed by atoms with Crippen molar-refractivity contribution in [2.75, 3.05) is 0 Å². The Morgan fingerprint density at radius 1 is 0.833 bits per heavy atom. The van der Waals surface area contributed by atoms with Crippen molar-refractivity contribution in [1.29, 1.82) is 0 Å². The smallest absolute Gasteiger partial charge is 0.0885 e. The van der Waals surface area contributed by atoms with Gasteiger partial charge in [-0.15, -0.1) is 0 Å². The van der Waals surface area contributed by atoms with Gasteiger partial charge in [0.2, 0.25) is 0 Å². The number of benzene rings is 1. The first-order chi connectivity index (χ1) is 11.0. The van der Waals surface area contributed by atoms with Crippen molar-refractivity contribution >= 4 is 0 Å². The van der Waals surface area contributed by atoms with Crippen molar-refractivity contribution in [1.82, 2.24) is 9.97 Å². The summed E-state index contributed by atoms with van der Waals surface area (Å²) < 4.78 is 0. The monoisotopic (exact) mass is 322 g/mol.